The summed E-state index contributed by atoms with van der Waals surface area (Å²) in [6.45, 7) is 0. The fourth-order valence-corrected chi connectivity index (χ4v) is 12.1. The molecule has 12 aromatic carbocycles. The minimum Gasteiger partial charge on any atom is -0.310 e. The van der Waals surface area contributed by atoms with Crippen molar-refractivity contribution in [2.24, 2.45) is 0 Å². The molecule has 352 valence electrons. The summed E-state index contributed by atoms with van der Waals surface area (Å²) in [5, 5.41) is 2.54. The predicted octanol–water partition coefficient (Wildman–Crippen LogP) is 19.3. The topological polar surface area (TPSA) is 8.17 Å². The van der Waals surface area contributed by atoms with Crippen molar-refractivity contribution < 1.29 is 0 Å². The van der Waals surface area contributed by atoms with Gasteiger partial charge in [0.2, 0.25) is 0 Å². The molecule has 1 aromatic heterocycles. The molecule has 0 bridgehead atoms. The molecule has 0 saturated heterocycles. The van der Waals surface area contributed by atoms with Crippen LogP contribution in [-0.2, 0) is 5.41 Å². The van der Waals surface area contributed by atoms with Gasteiger partial charge in [-0.05, 0) is 127 Å². The molecule has 13 aromatic rings. The summed E-state index contributed by atoms with van der Waals surface area (Å²) >= 11 is 0. The van der Waals surface area contributed by atoms with Gasteiger partial charge in [-0.25, -0.2) is 0 Å². The molecule has 75 heavy (non-hydrogen) atoms. The number of rotatable bonds is 10. The summed E-state index contributed by atoms with van der Waals surface area (Å²) in [6.07, 6.45) is 0. The molecule has 14 rings (SSSR count). The molecule has 2 nitrogen and oxygen atoms in total. The Hall–Kier alpha value is -9.76. The number of nitrogens with zero attached hydrogens (tertiary/aromatic N) is 2. The van der Waals surface area contributed by atoms with E-state index in [1.54, 1.807) is 0 Å². The zero-order valence-electron chi connectivity index (χ0n) is 41.3. The van der Waals surface area contributed by atoms with Crippen molar-refractivity contribution in [3.63, 3.8) is 0 Å². The first-order chi connectivity index (χ1) is 37.2. The molecular weight excluding hydrogens is 905 g/mol. The highest BCUT2D eigenvalue weighted by Gasteiger charge is 2.46. The van der Waals surface area contributed by atoms with Crippen molar-refractivity contribution >= 4 is 38.9 Å². The predicted molar refractivity (Wildman–Crippen MR) is 315 cm³/mol. The van der Waals surface area contributed by atoms with Gasteiger partial charge in [-0.1, -0.05) is 249 Å². The Labute approximate surface area is 438 Å². The molecule has 0 spiro atoms. The van der Waals surface area contributed by atoms with Crippen LogP contribution in [-0.4, -0.2) is 4.57 Å². The van der Waals surface area contributed by atoms with Gasteiger partial charge in [-0.2, -0.15) is 0 Å². The van der Waals surface area contributed by atoms with E-state index < -0.39 is 5.41 Å². The first-order valence-electron chi connectivity index (χ1n) is 25.9. The van der Waals surface area contributed by atoms with E-state index in [9.17, 15) is 0 Å². The van der Waals surface area contributed by atoms with Crippen molar-refractivity contribution in [3.8, 4) is 61.3 Å². The zero-order chi connectivity index (χ0) is 49.7. The van der Waals surface area contributed by atoms with Gasteiger partial charge < -0.3 is 9.47 Å². The van der Waals surface area contributed by atoms with Gasteiger partial charge in [-0.3, -0.25) is 0 Å². The van der Waals surface area contributed by atoms with Gasteiger partial charge in [0.15, 0.2) is 0 Å². The molecule has 0 radical (unpaired) electrons. The van der Waals surface area contributed by atoms with E-state index in [4.69, 9.17) is 0 Å². The quantitative estimate of drug-likeness (QED) is 0.133. The average Bonchev–Trinajstić information content (AvgIpc) is 4.05. The summed E-state index contributed by atoms with van der Waals surface area (Å²) in [7, 11) is 0. The normalized spacial score (nSPS) is 12.4. The maximum atomic E-state index is 2.47. The number of anilines is 3. The van der Waals surface area contributed by atoms with Gasteiger partial charge in [0.25, 0.3) is 0 Å². The minimum atomic E-state index is -0.542. The number of hydrogen-bond donors (Lipinski definition) is 0. The zero-order valence-corrected chi connectivity index (χ0v) is 41.3. The van der Waals surface area contributed by atoms with E-state index in [1.807, 2.05) is 0 Å². The summed E-state index contributed by atoms with van der Waals surface area (Å²) in [5.74, 6) is 0. The molecule has 1 heterocycles. The minimum absolute atomic E-state index is 0.542. The fraction of sp³-hybridized carbons (Fsp3) is 0.0137. The van der Waals surface area contributed by atoms with Crippen LogP contribution in [0, 0.1) is 0 Å². The lowest BCUT2D eigenvalue weighted by molar-refractivity contribution is 0.768. The molecule has 0 atom stereocenters. The van der Waals surface area contributed by atoms with E-state index in [1.165, 1.54) is 88.6 Å². The maximum Gasteiger partial charge on any atom is 0.0714 e. The second-order valence-corrected chi connectivity index (χ2v) is 19.6. The van der Waals surface area contributed by atoms with Crippen molar-refractivity contribution in [2.45, 2.75) is 5.41 Å². The lowest BCUT2D eigenvalue weighted by Crippen LogP contribution is -2.28. The van der Waals surface area contributed by atoms with Crippen LogP contribution in [0.3, 0.4) is 0 Å². The monoisotopic (exact) mass is 954 g/mol. The highest BCUT2D eigenvalue weighted by molar-refractivity contribution is 6.09. The first-order valence-corrected chi connectivity index (χ1v) is 25.9. The smallest absolute Gasteiger partial charge is 0.0714 e. The Bertz CT molecular complexity index is 4100. The van der Waals surface area contributed by atoms with E-state index >= 15 is 0 Å². The number of hydrogen-bond acceptors (Lipinski definition) is 1. The third-order valence-electron chi connectivity index (χ3n) is 15.5. The Morgan fingerprint density at radius 3 is 1.29 bits per heavy atom. The van der Waals surface area contributed by atoms with Crippen LogP contribution in [0.2, 0.25) is 0 Å². The highest BCUT2D eigenvalue weighted by Crippen LogP contribution is 2.57. The van der Waals surface area contributed by atoms with E-state index in [0.717, 1.165) is 33.9 Å². The molecule has 0 unspecified atom stereocenters. The molecule has 1 aliphatic carbocycles. The second-order valence-electron chi connectivity index (χ2n) is 19.6. The van der Waals surface area contributed by atoms with Gasteiger partial charge in [0, 0.05) is 33.4 Å². The molecule has 0 amide bonds. The third kappa shape index (κ3) is 7.33. The average molecular weight is 955 g/mol. The summed E-state index contributed by atoms with van der Waals surface area (Å²) < 4.78 is 2.37. The Morgan fingerprint density at radius 1 is 0.267 bits per heavy atom. The summed E-state index contributed by atoms with van der Waals surface area (Å²) in [6, 6.07) is 111. The van der Waals surface area contributed by atoms with Crippen LogP contribution in [0.5, 0.6) is 0 Å². The fourth-order valence-electron chi connectivity index (χ4n) is 12.1. The van der Waals surface area contributed by atoms with Crippen molar-refractivity contribution in [3.05, 3.63) is 326 Å². The third-order valence-corrected chi connectivity index (χ3v) is 15.5. The lowest BCUT2D eigenvalue weighted by atomic mass is 9.67. The molecule has 0 N–H and O–H groups in total. The lowest BCUT2D eigenvalue weighted by Gasteiger charge is -2.35. The van der Waals surface area contributed by atoms with E-state index in [2.05, 4.69) is 313 Å². The molecule has 1 aliphatic rings. The largest absolute Gasteiger partial charge is 0.310 e. The van der Waals surface area contributed by atoms with Crippen molar-refractivity contribution in [2.75, 3.05) is 4.90 Å². The number of fused-ring (bicyclic) bond motifs is 6. The molecule has 0 aliphatic heterocycles. The maximum absolute atomic E-state index is 2.47. The van der Waals surface area contributed by atoms with Crippen LogP contribution >= 0.6 is 0 Å². The van der Waals surface area contributed by atoms with Crippen LogP contribution in [0.25, 0.3) is 83.1 Å². The SMILES string of the molecule is c1ccc(-c2ccccc2-c2ccccc2N(c2ccc(-c3ccc(-c4ccc(-n5c6ccccc6c6ccccc65)cc4)cc3)cc2)c2ccc3c(c2)C(c2ccccc2)(c2ccccc2)c2ccccc2-3)cc1. The number of aromatic nitrogens is 1. The standard InChI is InChI=1S/C73H50N2/c1-4-20-55(21-5-1)61-26-10-11-27-62(61)65-29-13-17-33-70(65)74(60-48-49-64-63-28-12-16-32-68(63)73(69(64)50-60,56-22-6-2-7-23-56)57-24-8-3-9-25-57)58-44-40-53(41-45-58)51-36-38-52(39-37-51)54-42-46-59(47-43-54)75-71-34-18-14-30-66(71)67-31-15-19-35-72(67)75/h1-50H. The van der Waals surface area contributed by atoms with Gasteiger partial charge in [0.1, 0.15) is 0 Å². The van der Waals surface area contributed by atoms with Crippen molar-refractivity contribution in [1.82, 2.24) is 4.57 Å². The Kier molecular flexibility index (Phi) is 10.8. The molecular formula is C73H50N2. The van der Waals surface area contributed by atoms with E-state index in [0.29, 0.717) is 0 Å². The summed E-state index contributed by atoms with van der Waals surface area (Å²) in [5.41, 5.74) is 23.3. The van der Waals surface area contributed by atoms with Crippen LogP contribution in [0.15, 0.2) is 303 Å². The van der Waals surface area contributed by atoms with Gasteiger partial charge >= 0.3 is 0 Å². The van der Waals surface area contributed by atoms with Crippen LogP contribution < -0.4 is 4.90 Å². The Balaban J connectivity index is 0.875. The van der Waals surface area contributed by atoms with Crippen LogP contribution in [0.1, 0.15) is 22.3 Å². The van der Waals surface area contributed by atoms with E-state index in [-0.39, 0.29) is 0 Å². The number of para-hydroxylation sites is 3. The second kappa shape index (κ2) is 18.4. The molecule has 2 heteroatoms. The molecule has 0 saturated carbocycles. The Morgan fingerprint density at radius 2 is 0.693 bits per heavy atom. The van der Waals surface area contributed by atoms with Gasteiger partial charge in [-0.15, -0.1) is 0 Å². The highest BCUT2D eigenvalue weighted by atomic mass is 15.1. The van der Waals surface area contributed by atoms with Crippen molar-refractivity contribution in [1.29, 1.82) is 0 Å². The summed E-state index contributed by atoms with van der Waals surface area (Å²) in [4.78, 5) is 2.47. The van der Waals surface area contributed by atoms with Gasteiger partial charge in [0.05, 0.1) is 22.1 Å². The number of benzene rings is 12. The first kappa shape index (κ1) is 44.0. The molecule has 0 fully saturated rings. The van der Waals surface area contributed by atoms with Crippen LogP contribution in [0.4, 0.5) is 17.1 Å².